The van der Waals surface area contributed by atoms with Crippen LogP contribution < -0.4 is 10.6 Å². The molecule has 1 amide bonds. The minimum atomic E-state index is 0.0177. The molecular weight excluding hydrogens is 380 g/mol. The molecule has 0 radical (unpaired) electrons. The molecule has 0 aliphatic heterocycles. The van der Waals surface area contributed by atoms with Gasteiger partial charge in [-0.15, -0.1) is 0 Å². The summed E-state index contributed by atoms with van der Waals surface area (Å²) >= 11 is 0. The molecular formula is C28H34N2O. The van der Waals surface area contributed by atoms with E-state index in [0.29, 0.717) is 24.5 Å². The third-order valence-corrected chi connectivity index (χ3v) is 6.74. The van der Waals surface area contributed by atoms with E-state index in [0.717, 1.165) is 5.56 Å². The number of benzene rings is 3. The number of carbonyl (C=O) groups is 1. The van der Waals surface area contributed by atoms with Gasteiger partial charge in [0.25, 0.3) is 0 Å². The van der Waals surface area contributed by atoms with Gasteiger partial charge >= 0.3 is 0 Å². The van der Waals surface area contributed by atoms with Crippen molar-refractivity contribution in [3.05, 3.63) is 83.4 Å². The molecule has 2 N–H and O–H groups in total. The van der Waals surface area contributed by atoms with E-state index in [2.05, 4.69) is 84.3 Å². The van der Waals surface area contributed by atoms with E-state index in [1.165, 1.54) is 54.0 Å². The summed E-state index contributed by atoms with van der Waals surface area (Å²) in [5.74, 6) is 0.651. The third-order valence-electron chi connectivity index (χ3n) is 6.74. The van der Waals surface area contributed by atoms with Crippen LogP contribution in [0.15, 0.2) is 66.7 Å². The van der Waals surface area contributed by atoms with Gasteiger partial charge in [-0.05, 0) is 66.0 Å². The summed E-state index contributed by atoms with van der Waals surface area (Å²) in [4.78, 5) is 11.1. The Balaban J connectivity index is 1.36. The predicted octanol–water partition coefficient (Wildman–Crippen LogP) is 6.24. The minimum Gasteiger partial charge on any atom is -0.352 e. The molecule has 0 aromatic heterocycles. The van der Waals surface area contributed by atoms with Crippen molar-refractivity contribution < 1.29 is 4.79 Å². The number of rotatable bonds is 6. The van der Waals surface area contributed by atoms with Crippen LogP contribution in [0.1, 0.15) is 74.6 Å². The van der Waals surface area contributed by atoms with Gasteiger partial charge in [-0.25, -0.2) is 0 Å². The third kappa shape index (κ3) is 5.54. The number of hydrogen-bond acceptors (Lipinski definition) is 2. The standard InChI is InChI=1S/C28H34N2O/c1-20(27-12-6-9-25-7-3-4-11-28(25)27)30-26-10-5-8-23(17-18-26)24-15-13-22(14-16-24)19-29-21(2)31/h3-4,6-7,9,11-16,20,23,26,30H,5,8,10,17-19H2,1-2H3,(H,29,31)/t20-,23?,26?/m1/s1. The molecule has 1 aliphatic carbocycles. The summed E-state index contributed by atoms with van der Waals surface area (Å²) in [7, 11) is 0. The van der Waals surface area contributed by atoms with Crippen LogP contribution in [0.3, 0.4) is 0 Å². The first-order valence-corrected chi connectivity index (χ1v) is 11.7. The summed E-state index contributed by atoms with van der Waals surface area (Å²) in [6.45, 7) is 4.47. The Morgan fingerprint density at radius 3 is 2.52 bits per heavy atom. The average Bonchev–Trinajstić information content (AvgIpc) is 3.03. The highest BCUT2D eigenvalue weighted by Gasteiger charge is 2.22. The molecule has 1 aliphatic rings. The van der Waals surface area contributed by atoms with Gasteiger partial charge in [0.15, 0.2) is 0 Å². The molecule has 0 spiro atoms. The van der Waals surface area contributed by atoms with Crippen LogP contribution in [0.25, 0.3) is 10.8 Å². The highest BCUT2D eigenvalue weighted by atomic mass is 16.1. The van der Waals surface area contributed by atoms with Gasteiger partial charge in [0.1, 0.15) is 0 Å². The molecule has 3 heteroatoms. The summed E-state index contributed by atoms with van der Waals surface area (Å²) in [6.07, 6.45) is 6.20. The zero-order valence-electron chi connectivity index (χ0n) is 18.7. The SMILES string of the molecule is CC(=O)NCc1ccc(C2CCCC(N[C@H](C)c3cccc4ccccc34)CC2)cc1. The monoisotopic (exact) mass is 414 g/mol. The summed E-state index contributed by atoms with van der Waals surface area (Å²) in [5.41, 5.74) is 4.00. The molecule has 4 rings (SSSR count). The van der Waals surface area contributed by atoms with Crippen molar-refractivity contribution in [1.29, 1.82) is 0 Å². The van der Waals surface area contributed by atoms with Crippen LogP contribution in [0.4, 0.5) is 0 Å². The van der Waals surface area contributed by atoms with Crippen molar-refractivity contribution in [2.45, 2.75) is 70.5 Å². The number of hydrogen-bond donors (Lipinski definition) is 2. The predicted molar refractivity (Wildman–Crippen MR) is 129 cm³/mol. The van der Waals surface area contributed by atoms with E-state index in [9.17, 15) is 4.79 Å². The van der Waals surface area contributed by atoms with Gasteiger partial charge in [0.05, 0.1) is 0 Å². The molecule has 1 fully saturated rings. The second kappa shape index (κ2) is 10.1. The first-order chi connectivity index (χ1) is 15.1. The Hall–Kier alpha value is -2.65. The van der Waals surface area contributed by atoms with Crippen molar-refractivity contribution in [1.82, 2.24) is 10.6 Å². The second-order valence-corrected chi connectivity index (χ2v) is 9.01. The zero-order chi connectivity index (χ0) is 21.6. The molecule has 3 aromatic carbocycles. The average molecular weight is 415 g/mol. The fourth-order valence-electron chi connectivity index (χ4n) is 5.01. The maximum Gasteiger partial charge on any atom is 0.217 e. The lowest BCUT2D eigenvalue weighted by molar-refractivity contribution is -0.119. The van der Waals surface area contributed by atoms with Crippen LogP contribution in [0.5, 0.6) is 0 Å². The van der Waals surface area contributed by atoms with E-state index in [-0.39, 0.29) is 5.91 Å². The van der Waals surface area contributed by atoms with E-state index in [4.69, 9.17) is 0 Å². The summed E-state index contributed by atoms with van der Waals surface area (Å²) < 4.78 is 0. The molecule has 3 aromatic rings. The summed E-state index contributed by atoms with van der Waals surface area (Å²) in [5, 5.41) is 9.48. The van der Waals surface area contributed by atoms with Gasteiger partial charge in [0.2, 0.25) is 5.91 Å². The smallest absolute Gasteiger partial charge is 0.217 e. The van der Waals surface area contributed by atoms with Gasteiger partial charge in [-0.3, -0.25) is 4.79 Å². The number of carbonyl (C=O) groups excluding carboxylic acids is 1. The quantitative estimate of drug-likeness (QED) is 0.469. The molecule has 3 atom stereocenters. The molecule has 2 unspecified atom stereocenters. The number of nitrogens with one attached hydrogen (secondary N) is 2. The van der Waals surface area contributed by atoms with Gasteiger partial charge in [-0.2, -0.15) is 0 Å². The highest BCUT2D eigenvalue weighted by molar-refractivity contribution is 5.86. The van der Waals surface area contributed by atoms with Crippen molar-refractivity contribution in [3.8, 4) is 0 Å². The largest absolute Gasteiger partial charge is 0.352 e. The molecule has 0 bridgehead atoms. The lowest BCUT2D eigenvalue weighted by atomic mass is 9.91. The zero-order valence-corrected chi connectivity index (χ0v) is 18.7. The van der Waals surface area contributed by atoms with E-state index < -0.39 is 0 Å². The van der Waals surface area contributed by atoms with Crippen LogP contribution in [-0.2, 0) is 11.3 Å². The Morgan fingerprint density at radius 2 is 1.71 bits per heavy atom. The first kappa shape index (κ1) is 21.6. The fraction of sp³-hybridized carbons (Fsp3) is 0.393. The summed E-state index contributed by atoms with van der Waals surface area (Å²) in [6, 6.07) is 25.1. The highest BCUT2D eigenvalue weighted by Crippen LogP contribution is 2.33. The number of fused-ring (bicyclic) bond motifs is 1. The van der Waals surface area contributed by atoms with Crippen molar-refractivity contribution >= 4 is 16.7 Å². The number of amides is 1. The van der Waals surface area contributed by atoms with Crippen molar-refractivity contribution in [2.24, 2.45) is 0 Å². The first-order valence-electron chi connectivity index (χ1n) is 11.7. The normalized spacial score (nSPS) is 20.2. The van der Waals surface area contributed by atoms with Crippen LogP contribution in [-0.4, -0.2) is 11.9 Å². The molecule has 162 valence electrons. The van der Waals surface area contributed by atoms with E-state index >= 15 is 0 Å². The van der Waals surface area contributed by atoms with Crippen molar-refractivity contribution in [2.75, 3.05) is 0 Å². The van der Waals surface area contributed by atoms with Crippen LogP contribution >= 0.6 is 0 Å². The van der Waals surface area contributed by atoms with Gasteiger partial charge in [-0.1, -0.05) is 73.2 Å². The topological polar surface area (TPSA) is 41.1 Å². The van der Waals surface area contributed by atoms with Gasteiger partial charge in [0, 0.05) is 25.6 Å². The van der Waals surface area contributed by atoms with E-state index in [1.54, 1.807) is 6.92 Å². The minimum absolute atomic E-state index is 0.0177. The molecule has 1 saturated carbocycles. The maximum atomic E-state index is 11.1. The Kier molecular flexibility index (Phi) is 7.03. The van der Waals surface area contributed by atoms with Gasteiger partial charge < -0.3 is 10.6 Å². The maximum absolute atomic E-state index is 11.1. The lowest BCUT2D eigenvalue weighted by Gasteiger charge is -2.24. The molecule has 31 heavy (non-hydrogen) atoms. The van der Waals surface area contributed by atoms with Crippen LogP contribution in [0, 0.1) is 0 Å². The Bertz CT molecular complexity index is 1010. The van der Waals surface area contributed by atoms with Crippen LogP contribution in [0.2, 0.25) is 0 Å². The van der Waals surface area contributed by atoms with Crippen molar-refractivity contribution in [3.63, 3.8) is 0 Å². The second-order valence-electron chi connectivity index (χ2n) is 9.01. The molecule has 0 saturated heterocycles. The lowest BCUT2D eigenvalue weighted by Crippen LogP contribution is -2.31. The molecule has 3 nitrogen and oxygen atoms in total. The van der Waals surface area contributed by atoms with E-state index in [1.807, 2.05) is 0 Å². The Morgan fingerprint density at radius 1 is 0.935 bits per heavy atom. The Labute approximate surface area is 186 Å². The fourth-order valence-corrected chi connectivity index (χ4v) is 5.01. The molecule has 0 heterocycles.